The van der Waals surface area contributed by atoms with Crippen molar-refractivity contribution in [3.05, 3.63) is 120 Å². The first kappa shape index (κ1) is 23.8. The standard InChI is InChI=1S/C32H29N5O/c38-32(30-11-4-5-17-33-30)37(27-13-14-27)21-24-9-6-10-25(19-24)26-12-15-29-28(20-26)31(36-22-35-29)34-18-16-23-7-2-1-3-8-23/h1-12,15,17,19-20,22,27H,13-14,16,18,21H2,(H,34,35,36). The third kappa shape index (κ3) is 5.39. The Kier molecular flexibility index (Phi) is 6.77. The van der Waals surface area contributed by atoms with Crippen molar-refractivity contribution in [2.24, 2.45) is 0 Å². The second kappa shape index (κ2) is 10.8. The van der Waals surface area contributed by atoms with Crippen LogP contribution in [0.25, 0.3) is 22.0 Å². The molecule has 6 heteroatoms. The number of fused-ring (bicyclic) bond motifs is 1. The third-order valence-electron chi connectivity index (χ3n) is 6.93. The Balaban J connectivity index is 1.23. The molecule has 0 spiro atoms. The maximum absolute atomic E-state index is 13.2. The fourth-order valence-corrected chi connectivity index (χ4v) is 4.78. The second-order valence-corrected chi connectivity index (χ2v) is 9.70. The van der Waals surface area contributed by atoms with Gasteiger partial charge in [0.15, 0.2) is 0 Å². The van der Waals surface area contributed by atoms with Gasteiger partial charge in [0.2, 0.25) is 0 Å². The molecule has 6 nitrogen and oxygen atoms in total. The SMILES string of the molecule is O=C(c1ccccn1)N(Cc1cccc(-c2ccc3ncnc(NCCc4ccccc4)c3c2)c1)C1CC1. The van der Waals surface area contributed by atoms with Gasteiger partial charge in [0.05, 0.1) is 5.52 Å². The number of rotatable bonds is 9. The molecule has 2 heterocycles. The lowest BCUT2D eigenvalue weighted by atomic mass is 10.0. The Hall–Kier alpha value is -4.58. The van der Waals surface area contributed by atoms with Crippen LogP contribution in [0, 0.1) is 0 Å². The van der Waals surface area contributed by atoms with Gasteiger partial charge in [-0.2, -0.15) is 0 Å². The number of aromatic nitrogens is 3. The number of nitrogens with zero attached hydrogens (tertiary/aromatic N) is 4. The second-order valence-electron chi connectivity index (χ2n) is 9.70. The van der Waals surface area contributed by atoms with Gasteiger partial charge in [-0.1, -0.05) is 60.7 Å². The Morgan fingerprint density at radius 1 is 0.816 bits per heavy atom. The summed E-state index contributed by atoms with van der Waals surface area (Å²) in [5.74, 6) is 0.831. The largest absolute Gasteiger partial charge is 0.369 e. The van der Waals surface area contributed by atoms with Crippen LogP contribution in [-0.2, 0) is 13.0 Å². The number of hydrogen-bond acceptors (Lipinski definition) is 5. The van der Waals surface area contributed by atoms with E-state index in [1.807, 2.05) is 29.2 Å². The van der Waals surface area contributed by atoms with E-state index in [1.165, 1.54) is 5.56 Å². The highest BCUT2D eigenvalue weighted by Crippen LogP contribution is 2.31. The lowest BCUT2D eigenvalue weighted by molar-refractivity contribution is 0.0724. The maximum Gasteiger partial charge on any atom is 0.272 e. The molecule has 2 aromatic heterocycles. The fourth-order valence-electron chi connectivity index (χ4n) is 4.78. The summed E-state index contributed by atoms with van der Waals surface area (Å²) in [6, 6.07) is 30.9. The number of carbonyl (C=O) groups excluding carboxylic acids is 1. The van der Waals surface area contributed by atoms with Crippen LogP contribution >= 0.6 is 0 Å². The Morgan fingerprint density at radius 2 is 1.63 bits per heavy atom. The predicted octanol–water partition coefficient (Wildman–Crippen LogP) is 6.15. The molecule has 1 aliphatic rings. The molecule has 1 N–H and O–H groups in total. The molecule has 5 aromatic rings. The molecule has 0 unspecified atom stereocenters. The highest BCUT2D eigenvalue weighted by molar-refractivity contribution is 5.93. The molecule has 0 bridgehead atoms. The highest BCUT2D eigenvalue weighted by atomic mass is 16.2. The van der Waals surface area contributed by atoms with Gasteiger partial charge in [-0.3, -0.25) is 9.78 Å². The van der Waals surface area contributed by atoms with Crippen molar-refractivity contribution >= 4 is 22.6 Å². The van der Waals surface area contributed by atoms with E-state index in [0.717, 1.165) is 59.2 Å². The van der Waals surface area contributed by atoms with E-state index in [2.05, 4.69) is 80.9 Å². The number of amides is 1. The smallest absolute Gasteiger partial charge is 0.272 e. The number of hydrogen-bond donors (Lipinski definition) is 1. The van der Waals surface area contributed by atoms with Crippen LogP contribution in [0.5, 0.6) is 0 Å². The number of benzene rings is 3. The molecule has 0 radical (unpaired) electrons. The van der Waals surface area contributed by atoms with E-state index in [1.54, 1.807) is 18.6 Å². The summed E-state index contributed by atoms with van der Waals surface area (Å²) in [5, 5.41) is 4.49. The number of nitrogens with one attached hydrogen (secondary N) is 1. The van der Waals surface area contributed by atoms with Gasteiger partial charge < -0.3 is 10.2 Å². The molecule has 0 saturated heterocycles. The van der Waals surface area contributed by atoms with Crippen LogP contribution in [0.15, 0.2) is 104 Å². The molecular weight excluding hydrogens is 470 g/mol. The van der Waals surface area contributed by atoms with Gasteiger partial charge in [-0.25, -0.2) is 9.97 Å². The van der Waals surface area contributed by atoms with E-state index in [0.29, 0.717) is 12.2 Å². The van der Waals surface area contributed by atoms with Crippen molar-refractivity contribution in [1.29, 1.82) is 0 Å². The number of pyridine rings is 1. The minimum atomic E-state index is -0.00687. The lowest BCUT2D eigenvalue weighted by Crippen LogP contribution is -2.33. The summed E-state index contributed by atoms with van der Waals surface area (Å²) >= 11 is 0. The van der Waals surface area contributed by atoms with Crippen LogP contribution < -0.4 is 5.32 Å². The first-order valence-electron chi connectivity index (χ1n) is 13.1. The molecule has 1 aliphatic carbocycles. The van der Waals surface area contributed by atoms with Crippen LogP contribution in [0.1, 0.15) is 34.5 Å². The molecule has 0 atom stereocenters. The van der Waals surface area contributed by atoms with E-state index < -0.39 is 0 Å². The van der Waals surface area contributed by atoms with Gasteiger partial charge in [0.1, 0.15) is 17.8 Å². The summed E-state index contributed by atoms with van der Waals surface area (Å²) in [5.41, 5.74) is 5.99. The molecule has 6 rings (SSSR count). The molecular formula is C32H29N5O. The Labute approximate surface area is 222 Å². The van der Waals surface area contributed by atoms with Gasteiger partial charge in [-0.05, 0) is 71.8 Å². The van der Waals surface area contributed by atoms with Crippen LogP contribution in [0.3, 0.4) is 0 Å². The number of carbonyl (C=O) groups is 1. The van der Waals surface area contributed by atoms with Crippen molar-refractivity contribution in [3.63, 3.8) is 0 Å². The van der Waals surface area contributed by atoms with Crippen molar-refractivity contribution in [1.82, 2.24) is 19.9 Å². The van der Waals surface area contributed by atoms with Crippen molar-refractivity contribution in [2.75, 3.05) is 11.9 Å². The summed E-state index contributed by atoms with van der Waals surface area (Å²) in [6.07, 6.45) is 6.29. The van der Waals surface area contributed by atoms with E-state index >= 15 is 0 Å². The van der Waals surface area contributed by atoms with Crippen molar-refractivity contribution < 1.29 is 4.79 Å². The Bertz CT molecular complexity index is 1550. The molecule has 3 aromatic carbocycles. The minimum Gasteiger partial charge on any atom is -0.369 e. The zero-order valence-electron chi connectivity index (χ0n) is 21.1. The molecule has 1 saturated carbocycles. The topological polar surface area (TPSA) is 71.0 Å². The van der Waals surface area contributed by atoms with Gasteiger partial charge in [0, 0.05) is 30.7 Å². The highest BCUT2D eigenvalue weighted by Gasteiger charge is 2.33. The molecule has 1 amide bonds. The summed E-state index contributed by atoms with van der Waals surface area (Å²) in [7, 11) is 0. The summed E-state index contributed by atoms with van der Waals surface area (Å²) in [4.78, 5) is 28.4. The van der Waals surface area contributed by atoms with Gasteiger partial charge in [0.25, 0.3) is 5.91 Å². The number of anilines is 1. The molecule has 38 heavy (non-hydrogen) atoms. The normalized spacial score (nSPS) is 12.8. The Morgan fingerprint density at radius 3 is 2.45 bits per heavy atom. The fraction of sp³-hybridized carbons (Fsp3) is 0.188. The van der Waals surface area contributed by atoms with Crippen molar-refractivity contribution in [3.8, 4) is 11.1 Å². The van der Waals surface area contributed by atoms with Gasteiger partial charge in [-0.15, -0.1) is 0 Å². The third-order valence-corrected chi connectivity index (χ3v) is 6.93. The average Bonchev–Trinajstić information content (AvgIpc) is 3.82. The summed E-state index contributed by atoms with van der Waals surface area (Å²) in [6.45, 7) is 1.36. The molecule has 0 aliphatic heterocycles. The maximum atomic E-state index is 13.2. The molecule has 188 valence electrons. The quantitative estimate of drug-likeness (QED) is 0.263. The predicted molar refractivity (Wildman–Crippen MR) is 151 cm³/mol. The van der Waals surface area contributed by atoms with E-state index in [9.17, 15) is 4.79 Å². The van der Waals surface area contributed by atoms with E-state index in [4.69, 9.17) is 0 Å². The van der Waals surface area contributed by atoms with Gasteiger partial charge >= 0.3 is 0 Å². The lowest BCUT2D eigenvalue weighted by Gasteiger charge is -2.22. The molecule has 1 fully saturated rings. The van der Waals surface area contributed by atoms with Crippen molar-refractivity contribution in [2.45, 2.75) is 31.8 Å². The van der Waals surface area contributed by atoms with Crippen LogP contribution in [0.4, 0.5) is 5.82 Å². The van der Waals surface area contributed by atoms with Crippen LogP contribution in [-0.4, -0.2) is 38.3 Å². The van der Waals surface area contributed by atoms with E-state index in [-0.39, 0.29) is 11.9 Å². The first-order valence-corrected chi connectivity index (χ1v) is 13.1. The van der Waals surface area contributed by atoms with Crippen LogP contribution in [0.2, 0.25) is 0 Å². The first-order chi connectivity index (χ1) is 18.7. The zero-order valence-corrected chi connectivity index (χ0v) is 21.1. The minimum absolute atomic E-state index is 0.00687. The zero-order chi connectivity index (χ0) is 25.7. The summed E-state index contributed by atoms with van der Waals surface area (Å²) < 4.78 is 0. The monoisotopic (exact) mass is 499 g/mol. The average molecular weight is 500 g/mol.